The lowest BCUT2D eigenvalue weighted by molar-refractivity contribution is -0.146. The molecule has 2 aliphatic rings. The number of carbonyl (C=O) groups excluding carboxylic acids is 1. The van der Waals surface area contributed by atoms with Crippen LogP contribution in [0.2, 0.25) is 0 Å². The van der Waals surface area contributed by atoms with Gasteiger partial charge in [0.05, 0.1) is 25.3 Å². The second-order valence-corrected chi connectivity index (χ2v) is 5.07. The molecule has 0 saturated carbocycles. The van der Waals surface area contributed by atoms with E-state index in [1.807, 2.05) is 37.3 Å². The van der Waals surface area contributed by atoms with E-state index >= 15 is 0 Å². The highest BCUT2D eigenvalue weighted by molar-refractivity contribution is 5.93. The van der Waals surface area contributed by atoms with Gasteiger partial charge >= 0.3 is 0 Å². The summed E-state index contributed by atoms with van der Waals surface area (Å²) in [7, 11) is 0. The lowest BCUT2D eigenvalue weighted by Gasteiger charge is -2.38. The van der Waals surface area contributed by atoms with Crippen molar-refractivity contribution in [1.82, 2.24) is 4.90 Å². The number of para-hydroxylation sites is 1. The van der Waals surface area contributed by atoms with Crippen LogP contribution in [0.25, 0.3) is 0 Å². The maximum atomic E-state index is 12.2. The Balaban J connectivity index is 1.79. The molecule has 5 heteroatoms. The van der Waals surface area contributed by atoms with E-state index < -0.39 is 5.72 Å². The standard InChI is InChI=1S/C14H18N2O3/c1-14(15-7-9-18-10-8-15)11-13(17)16(19-14)12-5-3-2-4-6-12/h2-6H,7-11H2,1H3/t14-/m1/s1. The zero-order chi connectivity index (χ0) is 13.3. The number of morpholine rings is 1. The van der Waals surface area contributed by atoms with Crippen molar-refractivity contribution in [2.24, 2.45) is 0 Å². The summed E-state index contributed by atoms with van der Waals surface area (Å²) in [5.41, 5.74) is 0.223. The molecule has 1 amide bonds. The average Bonchev–Trinajstić information content (AvgIpc) is 2.77. The highest BCUT2D eigenvalue weighted by atomic mass is 16.7. The summed E-state index contributed by atoms with van der Waals surface area (Å²) in [4.78, 5) is 20.3. The van der Waals surface area contributed by atoms with Crippen LogP contribution in [-0.2, 0) is 14.4 Å². The number of rotatable bonds is 2. The lowest BCUT2D eigenvalue weighted by atomic mass is 10.1. The number of amides is 1. The van der Waals surface area contributed by atoms with Gasteiger partial charge in [0, 0.05) is 13.1 Å². The van der Waals surface area contributed by atoms with E-state index in [4.69, 9.17) is 9.57 Å². The second kappa shape index (κ2) is 4.92. The van der Waals surface area contributed by atoms with E-state index in [0.717, 1.165) is 18.8 Å². The van der Waals surface area contributed by atoms with E-state index in [9.17, 15) is 4.79 Å². The Kier molecular flexibility index (Phi) is 3.26. The number of hydrogen-bond acceptors (Lipinski definition) is 4. The van der Waals surface area contributed by atoms with Crippen LogP contribution in [0, 0.1) is 0 Å². The molecular weight excluding hydrogens is 244 g/mol. The number of hydrogen-bond donors (Lipinski definition) is 0. The van der Waals surface area contributed by atoms with Gasteiger partial charge in [-0.1, -0.05) is 18.2 Å². The molecule has 0 radical (unpaired) electrons. The quantitative estimate of drug-likeness (QED) is 0.808. The van der Waals surface area contributed by atoms with Gasteiger partial charge in [-0.25, -0.2) is 4.84 Å². The molecule has 0 bridgehead atoms. The van der Waals surface area contributed by atoms with Gasteiger partial charge in [0.15, 0.2) is 5.72 Å². The fraction of sp³-hybridized carbons (Fsp3) is 0.500. The van der Waals surface area contributed by atoms with Gasteiger partial charge in [0.2, 0.25) is 0 Å². The molecule has 0 unspecified atom stereocenters. The Morgan fingerprint density at radius 1 is 1.16 bits per heavy atom. The van der Waals surface area contributed by atoms with Gasteiger partial charge in [-0.2, -0.15) is 5.06 Å². The first-order valence-corrected chi connectivity index (χ1v) is 6.59. The Morgan fingerprint density at radius 2 is 1.84 bits per heavy atom. The lowest BCUT2D eigenvalue weighted by Crippen LogP contribution is -2.52. The van der Waals surface area contributed by atoms with Crippen molar-refractivity contribution in [3.8, 4) is 0 Å². The molecule has 2 saturated heterocycles. The summed E-state index contributed by atoms with van der Waals surface area (Å²) in [6, 6.07) is 9.48. The van der Waals surface area contributed by atoms with E-state index in [1.54, 1.807) is 0 Å². The minimum absolute atomic E-state index is 0.000178. The van der Waals surface area contributed by atoms with Crippen molar-refractivity contribution < 1.29 is 14.4 Å². The Bertz CT molecular complexity index is 459. The number of hydroxylamine groups is 1. The van der Waals surface area contributed by atoms with Gasteiger partial charge in [-0.3, -0.25) is 9.69 Å². The summed E-state index contributed by atoms with van der Waals surface area (Å²) >= 11 is 0. The fourth-order valence-corrected chi connectivity index (χ4v) is 2.60. The average molecular weight is 262 g/mol. The van der Waals surface area contributed by atoms with Crippen LogP contribution < -0.4 is 5.06 Å². The fourth-order valence-electron chi connectivity index (χ4n) is 2.60. The molecule has 2 aliphatic heterocycles. The third-order valence-electron chi connectivity index (χ3n) is 3.66. The van der Waals surface area contributed by atoms with Crippen molar-refractivity contribution in [3.63, 3.8) is 0 Å². The largest absolute Gasteiger partial charge is 0.379 e. The van der Waals surface area contributed by atoms with E-state index in [1.165, 1.54) is 5.06 Å². The van der Waals surface area contributed by atoms with Gasteiger partial charge in [-0.05, 0) is 19.1 Å². The molecule has 0 N–H and O–H groups in total. The summed E-state index contributed by atoms with van der Waals surface area (Å²) < 4.78 is 5.35. The Morgan fingerprint density at radius 3 is 2.53 bits per heavy atom. The van der Waals surface area contributed by atoms with Crippen LogP contribution in [0.15, 0.2) is 30.3 Å². The molecule has 0 aliphatic carbocycles. The topological polar surface area (TPSA) is 42.0 Å². The Hall–Kier alpha value is -1.43. The molecular formula is C14H18N2O3. The van der Waals surface area contributed by atoms with Gasteiger partial charge < -0.3 is 4.74 Å². The van der Waals surface area contributed by atoms with Crippen LogP contribution in [-0.4, -0.2) is 42.8 Å². The maximum Gasteiger partial charge on any atom is 0.255 e. The molecule has 1 aromatic rings. The molecule has 0 spiro atoms. The van der Waals surface area contributed by atoms with Crippen molar-refractivity contribution in [2.45, 2.75) is 19.1 Å². The highest BCUT2D eigenvalue weighted by Crippen LogP contribution is 2.33. The van der Waals surface area contributed by atoms with Crippen LogP contribution in [0.5, 0.6) is 0 Å². The SMILES string of the molecule is C[C@]1(N2CCOCC2)CC(=O)N(c2ccccc2)O1. The number of anilines is 1. The van der Waals surface area contributed by atoms with Gasteiger partial charge in [0.1, 0.15) is 0 Å². The molecule has 2 heterocycles. The Labute approximate surface area is 112 Å². The van der Waals surface area contributed by atoms with E-state index in [-0.39, 0.29) is 5.91 Å². The number of carbonyl (C=O) groups is 1. The first-order chi connectivity index (χ1) is 9.19. The van der Waals surface area contributed by atoms with Crippen LogP contribution >= 0.6 is 0 Å². The van der Waals surface area contributed by atoms with Crippen LogP contribution in [0.1, 0.15) is 13.3 Å². The maximum absolute atomic E-state index is 12.2. The van der Waals surface area contributed by atoms with Crippen molar-refractivity contribution >= 4 is 11.6 Å². The molecule has 1 atom stereocenters. The van der Waals surface area contributed by atoms with Crippen molar-refractivity contribution in [2.75, 3.05) is 31.4 Å². The normalized spacial score (nSPS) is 28.9. The predicted molar refractivity (Wildman–Crippen MR) is 70.4 cm³/mol. The van der Waals surface area contributed by atoms with Gasteiger partial charge in [-0.15, -0.1) is 0 Å². The first kappa shape index (κ1) is 12.6. The third kappa shape index (κ3) is 2.36. The van der Waals surface area contributed by atoms with Gasteiger partial charge in [0.25, 0.3) is 5.91 Å². The highest BCUT2D eigenvalue weighted by Gasteiger charge is 2.46. The summed E-state index contributed by atoms with van der Waals surface area (Å²) in [6.07, 6.45) is 0.377. The van der Waals surface area contributed by atoms with Crippen molar-refractivity contribution in [1.29, 1.82) is 0 Å². The second-order valence-electron chi connectivity index (χ2n) is 5.07. The zero-order valence-corrected chi connectivity index (χ0v) is 11.0. The van der Waals surface area contributed by atoms with Crippen LogP contribution in [0.4, 0.5) is 5.69 Å². The number of ether oxygens (including phenoxy) is 1. The molecule has 5 nitrogen and oxygen atoms in total. The predicted octanol–water partition coefficient (Wildman–Crippen LogP) is 1.40. The molecule has 2 fully saturated rings. The van der Waals surface area contributed by atoms with Crippen molar-refractivity contribution in [3.05, 3.63) is 30.3 Å². The smallest absolute Gasteiger partial charge is 0.255 e. The molecule has 102 valence electrons. The minimum atomic E-state index is -0.559. The number of benzene rings is 1. The van der Waals surface area contributed by atoms with Crippen LogP contribution in [0.3, 0.4) is 0 Å². The monoisotopic (exact) mass is 262 g/mol. The van der Waals surface area contributed by atoms with E-state index in [2.05, 4.69) is 4.90 Å². The number of nitrogens with zero attached hydrogens (tertiary/aromatic N) is 2. The summed E-state index contributed by atoms with van der Waals surface area (Å²) in [6.45, 7) is 4.95. The minimum Gasteiger partial charge on any atom is -0.379 e. The third-order valence-corrected chi connectivity index (χ3v) is 3.66. The summed E-state index contributed by atoms with van der Waals surface area (Å²) in [5, 5.41) is 1.41. The zero-order valence-electron chi connectivity index (χ0n) is 11.0. The molecule has 1 aromatic carbocycles. The molecule has 19 heavy (non-hydrogen) atoms. The van der Waals surface area contributed by atoms with E-state index in [0.29, 0.717) is 19.6 Å². The molecule has 3 rings (SSSR count). The molecule has 0 aromatic heterocycles. The first-order valence-electron chi connectivity index (χ1n) is 6.59. The summed E-state index contributed by atoms with van der Waals surface area (Å²) in [5.74, 6) is 0.000178.